The number of carbonyl (C=O) groups excluding carboxylic acids is 1. The molecule has 3 aromatic rings. The molecule has 1 fully saturated rings. The molecule has 29 heavy (non-hydrogen) atoms. The Bertz CT molecular complexity index is 1110. The van der Waals surface area contributed by atoms with Crippen molar-refractivity contribution in [1.29, 1.82) is 0 Å². The van der Waals surface area contributed by atoms with E-state index in [4.69, 9.17) is 0 Å². The van der Waals surface area contributed by atoms with Crippen molar-refractivity contribution in [3.8, 4) is 0 Å². The molecule has 1 saturated carbocycles. The van der Waals surface area contributed by atoms with Crippen molar-refractivity contribution in [2.24, 2.45) is 0 Å². The lowest BCUT2D eigenvalue weighted by atomic mass is 10.2. The topological polar surface area (TPSA) is 102 Å². The molecule has 3 heterocycles. The van der Waals surface area contributed by atoms with Crippen molar-refractivity contribution >= 4 is 50.3 Å². The normalized spacial score (nSPS) is 14.3. The van der Waals surface area contributed by atoms with Crippen LogP contribution in [-0.4, -0.2) is 25.4 Å². The number of pyridine rings is 2. The van der Waals surface area contributed by atoms with Gasteiger partial charge in [-0.1, -0.05) is 19.8 Å². The van der Waals surface area contributed by atoms with Gasteiger partial charge in [0.15, 0.2) is 0 Å². The number of nitrogens with one attached hydrogen (secondary N) is 2. The van der Waals surface area contributed by atoms with Crippen LogP contribution in [0.1, 0.15) is 45.1 Å². The molecule has 2 N–H and O–H groups in total. The largest absolute Gasteiger partial charge is 0.325 e. The molecule has 0 atom stereocenters. The lowest BCUT2D eigenvalue weighted by molar-refractivity contribution is -0.115. The van der Waals surface area contributed by atoms with Gasteiger partial charge in [-0.3, -0.25) is 14.2 Å². The molecule has 9 heteroatoms. The first-order chi connectivity index (χ1) is 14.0. The summed E-state index contributed by atoms with van der Waals surface area (Å²) in [6, 6.07) is 5.42. The van der Waals surface area contributed by atoms with Crippen LogP contribution in [0, 0.1) is 0 Å². The van der Waals surface area contributed by atoms with Gasteiger partial charge in [0.05, 0.1) is 16.4 Å². The number of halogens is 1. The molecule has 3 aromatic heterocycles. The predicted octanol–water partition coefficient (Wildman–Crippen LogP) is 4.16. The summed E-state index contributed by atoms with van der Waals surface area (Å²) in [5, 5.41) is 6.63. The quantitative estimate of drug-likeness (QED) is 0.597. The van der Waals surface area contributed by atoms with Gasteiger partial charge in [-0.05, 0) is 47.0 Å². The lowest BCUT2D eigenvalue weighted by Gasteiger charge is -2.17. The fourth-order valence-corrected chi connectivity index (χ4v) is 3.99. The molecule has 8 nitrogen and oxygen atoms in total. The molecule has 4 rings (SSSR count). The number of aromatic nitrogens is 4. The Morgan fingerprint density at radius 2 is 2.03 bits per heavy atom. The minimum absolute atomic E-state index is 0.0665. The third-order valence-corrected chi connectivity index (χ3v) is 5.60. The van der Waals surface area contributed by atoms with Crippen LogP contribution in [0.2, 0.25) is 0 Å². The summed E-state index contributed by atoms with van der Waals surface area (Å²) in [6.45, 7) is 1.79. The molecule has 0 aliphatic heterocycles. The van der Waals surface area contributed by atoms with Gasteiger partial charge in [0.25, 0.3) is 5.56 Å². The second kappa shape index (κ2) is 8.28. The van der Waals surface area contributed by atoms with E-state index < -0.39 is 0 Å². The number of carbonyl (C=O) groups is 1. The molecule has 0 unspecified atom stereocenters. The van der Waals surface area contributed by atoms with E-state index in [1.165, 1.54) is 0 Å². The minimum atomic E-state index is -0.0681. The number of nitrogens with zero attached hydrogens (tertiary/aromatic N) is 4. The van der Waals surface area contributed by atoms with Crippen LogP contribution in [0.5, 0.6) is 0 Å². The Morgan fingerprint density at radius 3 is 2.72 bits per heavy atom. The molecule has 150 valence electrons. The molecule has 1 aliphatic carbocycles. The molecule has 0 saturated heterocycles. The van der Waals surface area contributed by atoms with Crippen LogP contribution in [0.4, 0.5) is 17.5 Å². The van der Waals surface area contributed by atoms with Gasteiger partial charge in [0.2, 0.25) is 11.9 Å². The SMILES string of the molecule is CCC(=O)Nc1ccc(Nc2ncc3cc(Br)c(=O)n(C4CCCC4)c3n2)nc1. The van der Waals surface area contributed by atoms with E-state index >= 15 is 0 Å². The number of anilines is 3. The number of hydrogen-bond donors (Lipinski definition) is 2. The van der Waals surface area contributed by atoms with Crippen molar-refractivity contribution in [2.45, 2.75) is 45.1 Å². The van der Waals surface area contributed by atoms with E-state index in [0.717, 1.165) is 31.1 Å². The van der Waals surface area contributed by atoms with Crippen LogP contribution in [0.25, 0.3) is 11.0 Å². The fourth-order valence-electron chi connectivity index (χ4n) is 3.55. The first-order valence-corrected chi connectivity index (χ1v) is 10.4. The van der Waals surface area contributed by atoms with Crippen molar-refractivity contribution in [3.05, 3.63) is 45.4 Å². The zero-order chi connectivity index (χ0) is 20.4. The van der Waals surface area contributed by atoms with Gasteiger partial charge >= 0.3 is 0 Å². The van der Waals surface area contributed by atoms with Crippen molar-refractivity contribution < 1.29 is 4.79 Å². The van der Waals surface area contributed by atoms with Crippen LogP contribution in [0.3, 0.4) is 0 Å². The summed E-state index contributed by atoms with van der Waals surface area (Å²) in [6.07, 6.45) is 7.87. The monoisotopic (exact) mass is 456 g/mol. The highest BCUT2D eigenvalue weighted by atomic mass is 79.9. The first kappa shape index (κ1) is 19.5. The highest BCUT2D eigenvalue weighted by Gasteiger charge is 2.22. The summed E-state index contributed by atoms with van der Waals surface area (Å²) in [4.78, 5) is 37.5. The third-order valence-electron chi connectivity index (χ3n) is 5.03. The van der Waals surface area contributed by atoms with Crippen LogP contribution >= 0.6 is 15.9 Å². The maximum atomic E-state index is 12.8. The Hall–Kier alpha value is -2.81. The summed E-state index contributed by atoms with van der Waals surface area (Å²) in [5.74, 6) is 0.843. The average Bonchev–Trinajstić information content (AvgIpc) is 3.25. The molecule has 0 bridgehead atoms. The van der Waals surface area contributed by atoms with Crippen LogP contribution in [0.15, 0.2) is 39.9 Å². The summed E-state index contributed by atoms with van der Waals surface area (Å²) in [5.41, 5.74) is 1.18. The maximum Gasteiger partial charge on any atom is 0.266 e. The maximum absolute atomic E-state index is 12.8. The Morgan fingerprint density at radius 1 is 1.24 bits per heavy atom. The van der Waals surface area contributed by atoms with Crippen molar-refractivity contribution in [3.63, 3.8) is 0 Å². The Balaban J connectivity index is 1.65. The second-order valence-electron chi connectivity index (χ2n) is 7.04. The lowest BCUT2D eigenvalue weighted by Crippen LogP contribution is -2.25. The highest BCUT2D eigenvalue weighted by Crippen LogP contribution is 2.31. The number of fused-ring (bicyclic) bond motifs is 1. The van der Waals surface area contributed by atoms with Gasteiger partial charge < -0.3 is 10.6 Å². The van der Waals surface area contributed by atoms with E-state index in [0.29, 0.717) is 34.0 Å². The zero-order valence-electron chi connectivity index (χ0n) is 16.0. The van der Waals surface area contributed by atoms with Crippen LogP contribution in [-0.2, 0) is 4.79 Å². The summed E-state index contributed by atoms with van der Waals surface area (Å²) in [7, 11) is 0. The number of rotatable bonds is 5. The average molecular weight is 457 g/mol. The van der Waals surface area contributed by atoms with Gasteiger partial charge in [-0.25, -0.2) is 9.97 Å². The second-order valence-corrected chi connectivity index (χ2v) is 7.89. The molecule has 1 aliphatic rings. The van der Waals surface area contributed by atoms with E-state index in [2.05, 4.69) is 41.5 Å². The number of hydrogen-bond acceptors (Lipinski definition) is 6. The number of amides is 1. The van der Waals surface area contributed by atoms with E-state index in [-0.39, 0.29) is 17.5 Å². The third kappa shape index (κ3) is 4.14. The first-order valence-electron chi connectivity index (χ1n) is 9.66. The minimum Gasteiger partial charge on any atom is -0.325 e. The van der Waals surface area contributed by atoms with Crippen molar-refractivity contribution in [2.75, 3.05) is 10.6 Å². The van der Waals surface area contributed by atoms with E-state index in [1.54, 1.807) is 42.1 Å². The van der Waals surface area contributed by atoms with Gasteiger partial charge in [0, 0.05) is 24.0 Å². The van der Waals surface area contributed by atoms with E-state index in [9.17, 15) is 9.59 Å². The molecule has 0 spiro atoms. The molecular weight excluding hydrogens is 436 g/mol. The fraction of sp³-hybridized carbons (Fsp3) is 0.350. The van der Waals surface area contributed by atoms with Gasteiger partial charge in [-0.15, -0.1) is 0 Å². The molecule has 1 amide bonds. The Kier molecular flexibility index (Phi) is 5.57. The predicted molar refractivity (Wildman–Crippen MR) is 115 cm³/mol. The smallest absolute Gasteiger partial charge is 0.266 e. The highest BCUT2D eigenvalue weighted by molar-refractivity contribution is 9.10. The molecule has 0 radical (unpaired) electrons. The zero-order valence-corrected chi connectivity index (χ0v) is 17.6. The van der Waals surface area contributed by atoms with Crippen molar-refractivity contribution in [1.82, 2.24) is 19.5 Å². The van der Waals surface area contributed by atoms with Crippen LogP contribution < -0.4 is 16.2 Å². The van der Waals surface area contributed by atoms with Gasteiger partial charge in [0.1, 0.15) is 11.5 Å². The van der Waals surface area contributed by atoms with Gasteiger partial charge in [-0.2, -0.15) is 4.98 Å². The molecular formula is C20H21BrN6O2. The summed E-state index contributed by atoms with van der Waals surface area (Å²) >= 11 is 3.37. The summed E-state index contributed by atoms with van der Waals surface area (Å²) < 4.78 is 2.31. The standard InChI is InChI=1S/C20H21BrN6O2/c1-2-17(28)24-13-7-8-16(22-11-13)25-20-23-10-12-9-15(21)19(29)27(18(12)26-20)14-5-3-4-6-14/h7-11,14H,2-6H2,1H3,(H,24,28)(H,22,23,25,26). The molecule has 0 aromatic carbocycles. The van der Waals surface area contributed by atoms with E-state index in [1.807, 2.05) is 0 Å². The Labute approximate surface area is 175 Å².